The van der Waals surface area contributed by atoms with Crippen molar-refractivity contribution < 1.29 is 0 Å². The van der Waals surface area contributed by atoms with Gasteiger partial charge in [0.1, 0.15) is 0 Å². The van der Waals surface area contributed by atoms with Gasteiger partial charge in [-0.2, -0.15) is 0 Å². The average molecular weight is 284 g/mol. The molecular weight excluding hydrogens is 256 g/mol. The van der Waals surface area contributed by atoms with Crippen LogP contribution in [0.15, 0.2) is 30.3 Å². The molecule has 1 aromatic carbocycles. The molecule has 2 unspecified atom stereocenters. The van der Waals surface area contributed by atoms with E-state index in [1.54, 1.807) is 0 Å². The Labute approximate surface area is 128 Å². The number of hydrogen-bond acceptors (Lipinski definition) is 2. The molecule has 1 aromatic rings. The predicted octanol–water partition coefficient (Wildman–Crippen LogP) is 3.39. The molecule has 2 heteroatoms. The van der Waals surface area contributed by atoms with E-state index in [4.69, 9.17) is 0 Å². The van der Waals surface area contributed by atoms with Gasteiger partial charge < -0.3 is 5.32 Å². The quantitative estimate of drug-likeness (QED) is 0.912. The minimum absolute atomic E-state index is 0.151. The molecule has 3 aliphatic rings. The van der Waals surface area contributed by atoms with Crippen LogP contribution in [0.4, 0.5) is 0 Å². The lowest BCUT2D eigenvalue weighted by Gasteiger charge is -2.53. The van der Waals surface area contributed by atoms with Gasteiger partial charge in [0.2, 0.25) is 0 Å². The summed E-state index contributed by atoms with van der Waals surface area (Å²) in [5, 5.41) is 3.93. The Hall–Kier alpha value is -0.860. The summed E-state index contributed by atoms with van der Waals surface area (Å²) in [6, 6.07) is 11.1. The van der Waals surface area contributed by atoms with Crippen LogP contribution in [-0.4, -0.2) is 30.1 Å². The number of nitrogens with one attached hydrogen (secondary N) is 1. The highest BCUT2D eigenvalue weighted by Crippen LogP contribution is 2.45. The second-order valence-corrected chi connectivity index (χ2v) is 8.01. The van der Waals surface area contributed by atoms with Gasteiger partial charge in [-0.25, -0.2) is 0 Å². The summed E-state index contributed by atoms with van der Waals surface area (Å²) in [5.74, 6) is 1.86. The molecule has 114 valence electrons. The lowest BCUT2D eigenvalue weighted by molar-refractivity contribution is 0.00674. The van der Waals surface area contributed by atoms with Gasteiger partial charge in [-0.05, 0) is 56.9 Å². The standard InChI is InChI=1S/C19H28N2/c1-18(16-10-11-16)14-21(12-15-8-9-15)19(2,13-20-18)17-6-4-3-5-7-17/h3-7,15-16,20H,8-14H2,1-2H3. The first-order valence-corrected chi connectivity index (χ1v) is 8.66. The molecule has 1 aliphatic heterocycles. The molecule has 0 amide bonds. The van der Waals surface area contributed by atoms with Gasteiger partial charge >= 0.3 is 0 Å². The third-order valence-electron chi connectivity index (χ3n) is 6.10. The van der Waals surface area contributed by atoms with Crippen LogP contribution in [0.3, 0.4) is 0 Å². The zero-order chi connectivity index (χ0) is 14.5. The average Bonchev–Trinajstić information content (AvgIpc) is 3.37. The van der Waals surface area contributed by atoms with Crippen LogP contribution in [0.5, 0.6) is 0 Å². The fourth-order valence-electron chi connectivity index (χ4n) is 4.07. The van der Waals surface area contributed by atoms with E-state index >= 15 is 0 Å². The highest BCUT2D eigenvalue weighted by atomic mass is 15.3. The summed E-state index contributed by atoms with van der Waals surface area (Å²) < 4.78 is 0. The van der Waals surface area contributed by atoms with E-state index in [2.05, 4.69) is 54.4 Å². The molecule has 2 atom stereocenters. The van der Waals surface area contributed by atoms with Crippen molar-refractivity contribution in [2.45, 2.75) is 50.6 Å². The Morgan fingerprint density at radius 1 is 1.10 bits per heavy atom. The molecule has 0 bridgehead atoms. The Morgan fingerprint density at radius 3 is 2.43 bits per heavy atom. The molecule has 1 saturated heterocycles. The molecule has 0 spiro atoms. The second kappa shape index (κ2) is 4.82. The van der Waals surface area contributed by atoms with E-state index in [-0.39, 0.29) is 5.54 Å². The van der Waals surface area contributed by atoms with Crippen LogP contribution in [0, 0.1) is 11.8 Å². The molecule has 1 N–H and O–H groups in total. The largest absolute Gasteiger partial charge is 0.308 e. The molecule has 21 heavy (non-hydrogen) atoms. The Balaban J connectivity index is 1.62. The lowest BCUT2D eigenvalue weighted by atomic mass is 9.81. The minimum atomic E-state index is 0.151. The van der Waals surface area contributed by atoms with Crippen molar-refractivity contribution in [2.75, 3.05) is 19.6 Å². The summed E-state index contributed by atoms with van der Waals surface area (Å²) in [4.78, 5) is 2.80. The highest BCUT2D eigenvalue weighted by molar-refractivity contribution is 5.26. The molecule has 0 aromatic heterocycles. The number of nitrogens with zero attached hydrogens (tertiary/aromatic N) is 1. The van der Waals surface area contributed by atoms with Crippen LogP contribution >= 0.6 is 0 Å². The number of rotatable bonds is 4. The van der Waals surface area contributed by atoms with Crippen LogP contribution in [0.2, 0.25) is 0 Å². The van der Waals surface area contributed by atoms with Crippen LogP contribution in [0.25, 0.3) is 0 Å². The minimum Gasteiger partial charge on any atom is -0.308 e. The van der Waals surface area contributed by atoms with Crippen molar-refractivity contribution in [1.82, 2.24) is 10.2 Å². The van der Waals surface area contributed by atoms with E-state index in [0.29, 0.717) is 5.54 Å². The van der Waals surface area contributed by atoms with Crippen LogP contribution < -0.4 is 5.32 Å². The van der Waals surface area contributed by atoms with Gasteiger partial charge in [0.25, 0.3) is 0 Å². The smallest absolute Gasteiger partial charge is 0.0558 e. The predicted molar refractivity (Wildman–Crippen MR) is 87.2 cm³/mol. The third-order valence-corrected chi connectivity index (χ3v) is 6.10. The molecule has 2 saturated carbocycles. The fourth-order valence-corrected chi connectivity index (χ4v) is 4.07. The second-order valence-electron chi connectivity index (χ2n) is 8.01. The molecule has 0 radical (unpaired) electrons. The van der Waals surface area contributed by atoms with E-state index in [1.165, 1.54) is 44.3 Å². The van der Waals surface area contributed by atoms with Gasteiger partial charge in [-0.15, -0.1) is 0 Å². The molecule has 3 fully saturated rings. The van der Waals surface area contributed by atoms with Gasteiger partial charge in [0, 0.05) is 25.2 Å². The lowest BCUT2D eigenvalue weighted by Crippen LogP contribution is -2.67. The van der Waals surface area contributed by atoms with Crippen molar-refractivity contribution in [3.05, 3.63) is 35.9 Å². The van der Waals surface area contributed by atoms with Gasteiger partial charge in [-0.1, -0.05) is 30.3 Å². The number of hydrogen-bond donors (Lipinski definition) is 1. The van der Waals surface area contributed by atoms with E-state index < -0.39 is 0 Å². The SMILES string of the molecule is CC1(C2CC2)CN(CC2CC2)C(C)(c2ccccc2)CN1. The van der Waals surface area contributed by atoms with Crippen molar-refractivity contribution >= 4 is 0 Å². The van der Waals surface area contributed by atoms with Crippen LogP contribution in [-0.2, 0) is 5.54 Å². The van der Waals surface area contributed by atoms with Gasteiger partial charge in [-0.3, -0.25) is 4.90 Å². The van der Waals surface area contributed by atoms with Crippen molar-refractivity contribution in [2.24, 2.45) is 11.8 Å². The summed E-state index contributed by atoms with van der Waals surface area (Å²) in [6.45, 7) is 8.46. The zero-order valence-electron chi connectivity index (χ0n) is 13.4. The van der Waals surface area contributed by atoms with Crippen LogP contribution in [0.1, 0.15) is 45.1 Å². The summed E-state index contributed by atoms with van der Waals surface area (Å²) >= 11 is 0. The molecule has 2 aliphatic carbocycles. The number of benzene rings is 1. The Kier molecular flexibility index (Phi) is 3.16. The van der Waals surface area contributed by atoms with Crippen molar-refractivity contribution in [1.29, 1.82) is 0 Å². The number of piperazine rings is 1. The summed E-state index contributed by atoms with van der Waals surface area (Å²) in [7, 11) is 0. The first-order valence-electron chi connectivity index (χ1n) is 8.66. The maximum Gasteiger partial charge on any atom is 0.0558 e. The first kappa shape index (κ1) is 13.8. The van der Waals surface area contributed by atoms with E-state index in [0.717, 1.165) is 18.4 Å². The fraction of sp³-hybridized carbons (Fsp3) is 0.684. The van der Waals surface area contributed by atoms with E-state index in [9.17, 15) is 0 Å². The summed E-state index contributed by atoms with van der Waals surface area (Å²) in [6.07, 6.45) is 5.72. The normalized spacial score (nSPS) is 37.6. The topological polar surface area (TPSA) is 15.3 Å². The maximum atomic E-state index is 3.93. The molecular formula is C19H28N2. The Bertz CT molecular complexity index is 506. The maximum absolute atomic E-state index is 3.93. The monoisotopic (exact) mass is 284 g/mol. The summed E-state index contributed by atoms with van der Waals surface area (Å²) in [5.41, 5.74) is 1.96. The van der Waals surface area contributed by atoms with Crippen molar-refractivity contribution in [3.63, 3.8) is 0 Å². The van der Waals surface area contributed by atoms with Gasteiger partial charge in [0.05, 0.1) is 5.54 Å². The van der Waals surface area contributed by atoms with Gasteiger partial charge in [0.15, 0.2) is 0 Å². The van der Waals surface area contributed by atoms with E-state index in [1.807, 2.05) is 0 Å². The highest BCUT2D eigenvalue weighted by Gasteiger charge is 2.50. The molecule has 4 rings (SSSR count). The Morgan fingerprint density at radius 2 is 1.81 bits per heavy atom. The first-order chi connectivity index (χ1) is 10.1. The zero-order valence-corrected chi connectivity index (χ0v) is 13.4. The third kappa shape index (κ3) is 2.53. The molecule has 1 heterocycles. The van der Waals surface area contributed by atoms with Crippen molar-refractivity contribution in [3.8, 4) is 0 Å². The molecule has 2 nitrogen and oxygen atoms in total.